The Morgan fingerprint density at radius 2 is 1.71 bits per heavy atom. The molecule has 0 atom stereocenters. The number of aryl methyl sites for hydroxylation is 4. The number of carbonyl (C=O) groups is 1. The molecule has 3 aromatic carbocycles. The number of furan rings is 1. The van der Waals surface area contributed by atoms with Gasteiger partial charge in [-0.1, -0.05) is 47.5 Å². The molecular weight excluding hydrogens is 422 g/mol. The van der Waals surface area contributed by atoms with Crippen molar-refractivity contribution in [2.45, 2.75) is 41.5 Å². The standard InChI is InChI=1S/C30H31NO3/c1-7-33-29-22(6)30-25(26(17-34-30)23-11-8-18(2)9-12-23)16-24(29)20(4)15-28(32)31-27-13-10-19(3)14-21(27)5/h8-17H,7H2,1-6H3,(H,31,32)/b20-15+. The first-order valence-electron chi connectivity index (χ1n) is 11.6. The van der Waals surface area contributed by atoms with Crippen molar-refractivity contribution in [1.82, 2.24) is 0 Å². The van der Waals surface area contributed by atoms with Crippen molar-refractivity contribution in [3.05, 3.63) is 88.7 Å². The maximum atomic E-state index is 12.9. The third-order valence-corrected chi connectivity index (χ3v) is 6.11. The molecule has 0 aliphatic carbocycles. The molecule has 4 heteroatoms. The van der Waals surface area contributed by atoms with Crippen LogP contribution in [0.1, 0.15) is 41.7 Å². The SMILES string of the molecule is CCOc1c(/C(C)=C/C(=O)Nc2ccc(C)cc2C)cc2c(-c3ccc(C)cc3)coc2c1C. The second-order valence-electron chi connectivity index (χ2n) is 8.84. The lowest BCUT2D eigenvalue weighted by Crippen LogP contribution is -2.10. The van der Waals surface area contributed by atoms with Crippen LogP contribution in [-0.4, -0.2) is 12.5 Å². The summed E-state index contributed by atoms with van der Waals surface area (Å²) in [6.45, 7) is 12.5. The normalized spacial score (nSPS) is 11.6. The quantitative estimate of drug-likeness (QED) is 0.303. The van der Waals surface area contributed by atoms with E-state index in [1.807, 2.05) is 46.8 Å². The number of fused-ring (bicyclic) bond motifs is 1. The third-order valence-electron chi connectivity index (χ3n) is 6.11. The van der Waals surface area contributed by atoms with E-state index in [1.54, 1.807) is 12.3 Å². The van der Waals surface area contributed by atoms with Crippen molar-refractivity contribution in [3.63, 3.8) is 0 Å². The summed E-state index contributed by atoms with van der Waals surface area (Å²) in [7, 11) is 0. The Bertz CT molecular complexity index is 1390. The van der Waals surface area contributed by atoms with Crippen LogP contribution in [0.5, 0.6) is 5.75 Å². The summed E-state index contributed by atoms with van der Waals surface area (Å²) >= 11 is 0. The summed E-state index contributed by atoms with van der Waals surface area (Å²) in [5.74, 6) is 0.573. The van der Waals surface area contributed by atoms with Crippen molar-refractivity contribution < 1.29 is 13.9 Å². The van der Waals surface area contributed by atoms with Gasteiger partial charge in [0, 0.05) is 33.8 Å². The molecule has 174 valence electrons. The van der Waals surface area contributed by atoms with Gasteiger partial charge >= 0.3 is 0 Å². The molecule has 1 aromatic heterocycles. The first-order valence-corrected chi connectivity index (χ1v) is 11.6. The third kappa shape index (κ3) is 4.62. The van der Waals surface area contributed by atoms with Crippen LogP contribution in [0.15, 0.2) is 65.3 Å². The number of ether oxygens (including phenoxy) is 1. The molecule has 0 aliphatic heterocycles. The minimum absolute atomic E-state index is 0.171. The number of amides is 1. The maximum absolute atomic E-state index is 12.9. The molecule has 0 bridgehead atoms. The van der Waals surface area contributed by atoms with Gasteiger partial charge in [-0.25, -0.2) is 0 Å². The number of benzene rings is 3. The Balaban J connectivity index is 1.77. The van der Waals surface area contributed by atoms with E-state index in [9.17, 15) is 4.79 Å². The van der Waals surface area contributed by atoms with E-state index in [4.69, 9.17) is 9.15 Å². The number of carbonyl (C=O) groups excluding carboxylic acids is 1. The Morgan fingerprint density at radius 3 is 2.38 bits per heavy atom. The Morgan fingerprint density at radius 1 is 1.00 bits per heavy atom. The fourth-order valence-corrected chi connectivity index (χ4v) is 4.29. The molecule has 1 heterocycles. The molecule has 0 unspecified atom stereocenters. The van der Waals surface area contributed by atoms with Gasteiger partial charge in [-0.2, -0.15) is 0 Å². The average molecular weight is 454 g/mol. The number of hydrogen-bond donors (Lipinski definition) is 1. The van der Waals surface area contributed by atoms with E-state index in [1.165, 1.54) is 5.56 Å². The monoisotopic (exact) mass is 453 g/mol. The Labute approximate surface area is 201 Å². The largest absolute Gasteiger partial charge is 0.493 e. The number of hydrogen-bond acceptors (Lipinski definition) is 3. The summed E-state index contributed by atoms with van der Waals surface area (Å²) in [4.78, 5) is 12.9. The fraction of sp³-hybridized carbons (Fsp3) is 0.233. The topological polar surface area (TPSA) is 51.5 Å². The molecule has 0 radical (unpaired) electrons. The maximum Gasteiger partial charge on any atom is 0.248 e. The van der Waals surface area contributed by atoms with Gasteiger partial charge in [0.2, 0.25) is 5.91 Å². The molecule has 4 aromatic rings. The lowest BCUT2D eigenvalue weighted by molar-refractivity contribution is -0.111. The number of nitrogens with one attached hydrogen (secondary N) is 1. The minimum Gasteiger partial charge on any atom is -0.493 e. The summed E-state index contributed by atoms with van der Waals surface area (Å²) in [5.41, 5.74) is 9.77. The second-order valence-corrected chi connectivity index (χ2v) is 8.84. The zero-order chi connectivity index (χ0) is 24.4. The van der Waals surface area contributed by atoms with Crippen LogP contribution in [0.2, 0.25) is 0 Å². The number of anilines is 1. The van der Waals surface area contributed by atoms with Gasteiger partial charge in [0.25, 0.3) is 0 Å². The van der Waals surface area contributed by atoms with Crippen molar-refractivity contribution >= 4 is 28.1 Å². The van der Waals surface area contributed by atoms with Crippen molar-refractivity contribution in [1.29, 1.82) is 0 Å². The molecule has 4 rings (SSSR count). The van der Waals surface area contributed by atoms with Gasteiger partial charge in [0.1, 0.15) is 11.3 Å². The molecule has 34 heavy (non-hydrogen) atoms. The molecule has 4 nitrogen and oxygen atoms in total. The smallest absolute Gasteiger partial charge is 0.248 e. The second kappa shape index (κ2) is 9.60. The van der Waals surface area contributed by atoms with Gasteiger partial charge in [-0.15, -0.1) is 0 Å². The van der Waals surface area contributed by atoms with Crippen LogP contribution in [0.3, 0.4) is 0 Å². The molecule has 0 aliphatic rings. The van der Waals surface area contributed by atoms with E-state index in [2.05, 4.69) is 48.6 Å². The lowest BCUT2D eigenvalue weighted by atomic mass is 9.96. The van der Waals surface area contributed by atoms with Gasteiger partial charge in [-0.3, -0.25) is 4.79 Å². The van der Waals surface area contributed by atoms with Gasteiger partial charge in [0.15, 0.2) is 0 Å². The summed E-state index contributed by atoms with van der Waals surface area (Å²) in [6, 6.07) is 16.5. The zero-order valence-corrected chi connectivity index (χ0v) is 20.7. The highest BCUT2D eigenvalue weighted by Crippen LogP contribution is 2.40. The van der Waals surface area contributed by atoms with E-state index >= 15 is 0 Å². The Kier molecular flexibility index (Phi) is 6.60. The molecule has 0 fully saturated rings. The minimum atomic E-state index is -0.171. The van der Waals surface area contributed by atoms with Crippen LogP contribution in [0, 0.1) is 27.7 Å². The fourth-order valence-electron chi connectivity index (χ4n) is 4.29. The average Bonchev–Trinajstić information content (AvgIpc) is 3.22. The van der Waals surface area contributed by atoms with Crippen LogP contribution in [0.4, 0.5) is 5.69 Å². The van der Waals surface area contributed by atoms with Crippen LogP contribution in [-0.2, 0) is 4.79 Å². The molecule has 0 saturated carbocycles. The highest BCUT2D eigenvalue weighted by molar-refractivity contribution is 6.06. The number of rotatable bonds is 6. The van der Waals surface area contributed by atoms with Crippen LogP contribution < -0.4 is 10.1 Å². The van der Waals surface area contributed by atoms with E-state index in [-0.39, 0.29) is 5.91 Å². The highest BCUT2D eigenvalue weighted by atomic mass is 16.5. The zero-order valence-electron chi connectivity index (χ0n) is 20.7. The highest BCUT2D eigenvalue weighted by Gasteiger charge is 2.19. The van der Waals surface area contributed by atoms with E-state index in [0.717, 1.165) is 61.4 Å². The molecular formula is C30H31NO3. The van der Waals surface area contributed by atoms with E-state index in [0.29, 0.717) is 6.61 Å². The van der Waals surface area contributed by atoms with Gasteiger partial charge in [-0.05, 0) is 70.4 Å². The van der Waals surface area contributed by atoms with Crippen molar-refractivity contribution in [2.75, 3.05) is 11.9 Å². The van der Waals surface area contributed by atoms with Crippen molar-refractivity contribution in [3.8, 4) is 16.9 Å². The van der Waals surface area contributed by atoms with E-state index < -0.39 is 0 Å². The predicted octanol–water partition coefficient (Wildman–Crippen LogP) is 7.77. The number of allylic oxidation sites excluding steroid dienone is 1. The Hall–Kier alpha value is -3.79. The van der Waals surface area contributed by atoms with Gasteiger partial charge in [0.05, 0.1) is 12.9 Å². The van der Waals surface area contributed by atoms with Gasteiger partial charge < -0.3 is 14.5 Å². The predicted molar refractivity (Wildman–Crippen MR) is 140 cm³/mol. The first-order chi connectivity index (χ1) is 16.3. The lowest BCUT2D eigenvalue weighted by Gasteiger charge is -2.15. The molecule has 1 N–H and O–H groups in total. The summed E-state index contributed by atoms with van der Waals surface area (Å²) in [5, 5.41) is 4.01. The van der Waals surface area contributed by atoms with Crippen LogP contribution in [0.25, 0.3) is 27.7 Å². The van der Waals surface area contributed by atoms with Crippen molar-refractivity contribution in [2.24, 2.45) is 0 Å². The molecule has 0 spiro atoms. The summed E-state index contributed by atoms with van der Waals surface area (Å²) in [6.07, 6.45) is 3.43. The molecule has 0 saturated heterocycles. The van der Waals surface area contributed by atoms with Crippen LogP contribution >= 0.6 is 0 Å². The first kappa shape index (κ1) is 23.4. The summed E-state index contributed by atoms with van der Waals surface area (Å²) < 4.78 is 12.0. The molecule has 1 amide bonds.